The van der Waals surface area contributed by atoms with Gasteiger partial charge in [0.1, 0.15) is 11.6 Å². The van der Waals surface area contributed by atoms with Crippen LogP contribution in [0.25, 0.3) is 5.69 Å². The quantitative estimate of drug-likeness (QED) is 0.529. The predicted molar refractivity (Wildman–Crippen MR) is 102 cm³/mol. The summed E-state index contributed by atoms with van der Waals surface area (Å²) in [5.74, 6) is -0.510. The van der Waals surface area contributed by atoms with Crippen LogP contribution in [0.5, 0.6) is 0 Å². The maximum Gasteiger partial charge on any atom is 0.137 e. The third-order valence-corrected chi connectivity index (χ3v) is 5.54. The average Bonchev–Trinajstić information content (AvgIpc) is 3.32. The van der Waals surface area contributed by atoms with Crippen molar-refractivity contribution >= 4 is 15.9 Å². The van der Waals surface area contributed by atoms with Gasteiger partial charge in [0.2, 0.25) is 0 Å². The van der Waals surface area contributed by atoms with Crippen LogP contribution in [0.4, 0.5) is 8.78 Å². The van der Waals surface area contributed by atoms with E-state index in [-0.39, 0.29) is 17.7 Å². The van der Waals surface area contributed by atoms with Gasteiger partial charge in [-0.3, -0.25) is 4.90 Å². The fraction of sp³-hybridized carbons (Fsp3) is 0.238. The maximum atomic E-state index is 13.8. The Balaban J connectivity index is 1.81. The third kappa shape index (κ3) is 3.33. The van der Waals surface area contributed by atoms with Gasteiger partial charge in [-0.05, 0) is 96.0 Å². The molecule has 0 bridgehead atoms. The summed E-state index contributed by atoms with van der Waals surface area (Å²) in [4.78, 5) is 2.43. The molecule has 134 valence electrons. The van der Waals surface area contributed by atoms with E-state index < -0.39 is 0 Å². The van der Waals surface area contributed by atoms with Crippen molar-refractivity contribution in [1.82, 2.24) is 9.47 Å². The molecule has 1 aromatic heterocycles. The molecular weight excluding hydrogens is 398 g/mol. The van der Waals surface area contributed by atoms with E-state index in [0.717, 1.165) is 42.9 Å². The van der Waals surface area contributed by atoms with Gasteiger partial charge in [0.05, 0.1) is 10.5 Å². The number of halogens is 3. The molecule has 1 saturated heterocycles. The lowest BCUT2D eigenvalue weighted by Gasteiger charge is -2.29. The molecule has 1 fully saturated rings. The summed E-state index contributed by atoms with van der Waals surface area (Å²) < 4.78 is 29.6. The van der Waals surface area contributed by atoms with Crippen LogP contribution < -0.4 is 0 Å². The monoisotopic (exact) mass is 416 g/mol. The summed E-state index contributed by atoms with van der Waals surface area (Å²) >= 11 is 3.32. The van der Waals surface area contributed by atoms with Gasteiger partial charge in [-0.15, -0.1) is 0 Å². The van der Waals surface area contributed by atoms with E-state index in [0.29, 0.717) is 4.47 Å². The molecule has 1 atom stereocenters. The molecule has 1 aliphatic rings. The summed E-state index contributed by atoms with van der Waals surface area (Å²) in [7, 11) is 0. The van der Waals surface area contributed by atoms with Crippen molar-refractivity contribution in [3.8, 4) is 5.69 Å². The second kappa shape index (κ2) is 7.33. The van der Waals surface area contributed by atoms with Gasteiger partial charge >= 0.3 is 0 Å². The molecule has 2 nitrogen and oxygen atoms in total. The molecule has 1 aliphatic heterocycles. The van der Waals surface area contributed by atoms with Crippen LogP contribution in [0.3, 0.4) is 0 Å². The van der Waals surface area contributed by atoms with Crippen LogP contribution in [-0.4, -0.2) is 22.6 Å². The number of nitrogens with zero attached hydrogens (tertiary/aromatic N) is 2. The molecular formula is C21H19BrF2N2. The molecule has 0 N–H and O–H groups in total. The first-order valence-electron chi connectivity index (χ1n) is 8.76. The fourth-order valence-electron chi connectivity index (χ4n) is 3.70. The van der Waals surface area contributed by atoms with Crippen molar-refractivity contribution in [2.24, 2.45) is 0 Å². The van der Waals surface area contributed by atoms with Crippen molar-refractivity contribution in [3.63, 3.8) is 0 Å². The first kappa shape index (κ1) is 17.4. The van der Waals surface area contributed by atoms with Gasteiger partial charge in [0.25, 0.3) is 0 Å². The van der Waals surface area contributed by atoms with Crippen LogP contribution in [0.1, 0.15) is 30.1 Å². The maximum absolute atomic E-state index is 13.8. The number of hydrogen-bond acceptors (Lipinski definition) is 1. The number of aromatic nitrogens is 1. The first-order valence-corrected chi connectivity index (χ1v) is 9.55. The highest BCUT2D eigenvalue weighted by Crippen LogP contribution is 2.34. The van der Waals surface area contributed by atoms with E-state index in [9.17, 15) is 8.78 Å². The van der Waals surface area contributed by atoms with E-state index >= 15 is 0 Å². The van der Waals surface area contributed by atoms with Gasteiger partial charge in [0.15, 0.2) is 0 Å². The summed E-state index contributed by atoms with van der Waals surface area (Å²) in [6, 6.07) is 15.8. The molecule has 26 heavy (non-hydrogen) atoms. The van der Waals surface area contributed by atoms with Crippen molar-refractivity contribution < 1.29 is 8.78 Å². The highest BCUT2D eigenvalue weighted by Gasteiger charge is 2.28. The largest absolute Gasteiger partial charge is 0.319 e. The Kier molecular flexibility index (Phi) is 4.92. The molecule has 2 heterocycles. The molecule has 4 rings (SSSR count). The second-order valence-electron chi connectivity index (χ2n) is 6.60. The highest BCUT2D eigenvalue weighted by molar-refractivity contribution is 9.10. The summed E-state index contributed by atoms with van der Waals surface area (Å²) in [5, 5.41) is 0. The number of rotatable bonds is 4. The van der Waals surface area contributed by atoms with E-state index in [4.69, 9.17) is 0 Å². The molecule has 0 spiro atoms. The minimum atomic E-state index is -0.261. The zero-order valence-corrected chi connectivity index (χ0v) is 15.8. The molecule has 0 saturated carbocycles. The lowest BCUT2D eigenvalue weighted by Crippen LogP contribution is -2.28. The van der Waals surface area contributed by atoms with E-state index in [2.05, 4.69) is 31.5 Å². The Morgan fingerprint density at radius 3 is 2.35 bits per heavy atom. The summed E-state index contributed by atoms with van der Waals surface area (Å²) in [6.45, 7) is 2.02. The van der Waals surface area contributed by atoms with E-state index in [1.54, 1.807) is 12.1 Å². The van der Waals surface area contributed by atoms with Gasteiger partial charge in [-0.2, -0.15) is 0 Å². The number of likely N-dealkylation sites (tertiary alicyclic amines) is 1. The van der Waals surface area contributed by atoms with Crippen LogP contribution in [0, 0.1) is 11.6 Å². The second-order valence-corrected chi connectivity index (χ2v) is 7.45. The Morgan fingerprint density at radius 2 is 1.65 bits per heavy atom. The van der Waals surface area contributed by atoms with Crippen LogP contribution in [0.15, 0.2) is 65.3 Å². The van der Waals surface area contributed by atoms with Gasteiger partial charge in [0, 0.05) is 17.6 Å². The predicted octanol–water partition coefficient (Wildman–Crippen LogP) is 5.70. The first-order chi connectivity index (χ1) is 12.6. The standard InChI is InChI=1S/C21H19BrF2N2/c22-18-14-15(5-10-19(18)24)21(25-11-1-2-12-25)20-4-3-13-26(20)17-8-6-16(23)7-9-17/h3-10,13-14,21H,1-2,11-12H2. The van der Waals surface area contributed by atoms with Gasteiger partial charge in [-0.25, -0.2) is 8.78 Å². The zero-order valence-electron chi connectivity index (χ0n) is 14.2. The average molecular weight is 417 g/mol. The third-order valence-electron chi connectivity index (χ3n) is 4.93. The molecule has 3 aromatic rings. The minimum Gasteiger partial charge on any atom is -0.319 e. The van der Waals surface area contributed by atoms with Crippen LogP contribution >= 0.6 is 15.9 Å². The smallest absolute Gasteiger partial charge is 0.137 e. The van der Waals surface area contributed by atoms with Crippen molar-refractivity contribution in [2.45, 2.75) is 18.9 Å². The lowest BCUT2D eigenvalue weighted by molar-refractivity contribution is 0.274. The summed E-state index contributed by atoms with van der Waals surface area (Å²) in [6.07, 6.45) is 4.32. The lowest BCUT2D eigenvalue weighted by atomic mass is 10.0. The zero-order chi connectivity index (χ0) is 18.1. The molecule has 0 aliphatic carbocycles. The molecule has 0 radical (unpaired) electrons. The van der Waals surface area contributed by atoms with Crippen molar-refractivity contribution in [1.29, 1.82) is 0 Å². The SMILES string of the molecule is Fc1ccc(-n2cccc2C(c2ccc(F)c(Br)c2)N2CCCC2)cc1. The Labute approximate surface area is 160 Å². The molecule has 0 amide bonds. The Morgan fingerprint density at radius 1 is 0.923 bits per heavy atom. The van der Waals surface area contributed by atoms with Crippen molar-refractivity contribution in [3.05, 3.63) is 88.2 Å². The Hall–Kier alpha value is -1.98. The van der Waals surface area contributed by atoms with E-state index in [1.165, 1.54) is 18.2 Å². The Bertz CT molecular complexity index is 899. The van der Waals surface area contributed by atoms with Gasteiger partial charge < -0.3 is 4.57 Å². The highest BCUT2D eigenvalue weighted by atomic mass is 79.9. The number of benzene rings is 2. The molecule has 5 heteroatoms. The van der Waals surface area contributed by atoms with E-state index in [1.807, 2.05) is 24.4 Å². The van der Waals surface area contributed by atoms with Crippen LogP contribution in [-0.2, 0) is 0 Å². The normalized spacial score (nSPS) is 16.1. The fourth-order valence-corrected chi connectivity index (χ4v) is 4.10. The molecule has 2 aromatic carbocycles. The topological polar surface area (TPSA) is 8.17 Å². The van der Waals surface area contributed by atoms with Gasteiger partial charge in [-0.1, -0.05) is 6.07 Å². The van der Waals surface area contributed by atoms with Crippen LogP contribution in [0.2, 0.25) is 0 Å². The molecule has 1 unspecified atom stereocenters. The van der Waals surface area contributed by atoms with Crippen molar-refractivity contribution in [2.75, 3.05) is 13.1 Å². The summed E-state index contributed by atoms with van der Waals surface area (Å²) in [5.41, 5.74) is 3.05. The number of hydrogen-bond donors (Lipinski definition) is 0. The minimum absolute atomic E-state index is 0.0226.